The van der Waals surface area contributed by atoms with E-state index in [0.29, 0.717) is 6.54 Å². The molecule has 2 aromatic heterocycles. The van der Waals surface area contributed by atoms with Gasteiger partial charge in [0.2, 0.25) is 0 Å². The number of rotatable bonds is 6. The number of carbonyl (C=O) groups is 1. The van der Waals surface area contributed by atoms with Gasteiger partial charge in [-0.05, 0) is 29.8 Å². The van der Waals surface area contributed by atoms with Crippen molar-refractivity contribution in [2.75, 3.05) is 6.26 Å². The summed E-state index contributed by atoms with van der Waals surface area (Å²) in [6, 6.07) is 7.44. The van der Waals surface area contributed by atoms with Gasteiger partial charge in [-0.3, -0.25) is 4.79 Å². The highest BCUT2D eigenvalue weighted by Crippen LogP contribution is 2.15. The minimum absolute atomic E-state index is 0.0290. The van der Waals surface area contributed by atoms with Crippen molar-refractivity contribution >= 4 is 28.9 Å². The number of thioether (sulfide) groups is 1. The van der Waals surface area contributed by atoms with Gasteiger partial charge >= 0.3 is 0 Å². The maximum absolute atomic E-state index is 11.9. The van der Waals surface area contributed by atoms with Crippen LogP contribution in [0.2, 0.25) is 0 Å². The zero-order valence-electron chi connectivity index (χ0n) is 9.88. The van der Waals surface area contributed by atoms with Crippen molar-refractivity contribution in [1.82, 2.24) is 5.32 Å². The number of nitrogens with one attached hydrogen (secondary N) is 1. The highest BCUT2D eigenvalue weighted by atomic mass is 32.2. The van der Waals surface area contributed by atoms with Crippen LogP contribution in [0.5, 0.6) is 0 Å². The van der Waals surface area contributed by atoms with E-state index in [4.69, 9.17) is 4.42 Å². The summed E-state index contributed by atoms with van der Waals surface area (Å²) >= 11 is 2.96. The number of hydrogen-bond acceptors (Lipinski definition) is 5. The summed E-state index contributed by atoms with van der Waals surface area (Å²) in [5.74, 6) is 0.875. The summed E-state index contributed by atoms with van der Waals surface area (Å²) in [5.41, 5.74) is 0. The van der Waals surface area contributed by atoms with Crippen LogP contribution in [0.3, 0.4) is 0 Å². The Hall–Kier alpha value is -1.46. The highest BCUT2D eigenvalue weighted by Gasteiger charge is 2.06. The SMILES string of the molecule is CSC(=CC(=O)c1cccs1)NCc1ccco1. The van der Waals surface area contributed by atoms with Gasteiger partial charge in [0, 0.05) is 6.08 Å². The molecule has 0 saturated heterocycles. The Kier molecular flexibility index (Phi) is 4.66. The normalized spacial score (nSPS) is 11.5. The molecule has 18 heavy (non-hydrogen) atoms. The third-order valence-electron chi connectivity index (χ3n) is 2.26. The molecule has 2 heterocycles. The molecule has 0 saturated carbocycles. The number of carbonyl (C=O) groups excluding carboxylic acids is 1. The third kappa shape index (κ3) is 3.51. The molecule has 1 N–H and O–H groups in total. The number of allylic oxidation sites excluding steroid dienone is 1. The van der Waals surface area contributed by atoms with Gasteiger partial charge < -0.3 is 9.73 Å². The van der Waals surface area contributed by atoms with Gasteiger partial charge in [0.15, 0.2) is 5.78 Å². The van der Waals surface area contributed by atoms with Crippen LogP contribution in [-0.4, -0.2) is 12.0 Å². The summed E-state index contributed by atoms with van der Waals surface area (Å²) in [6.45, 7) is 0.581. The van der Waals surface area contributed by atoms with Crippen LogP contribution in [0.1, 0.15) is 15.4 Å². The number of hydrogen-bond donors (Lipinski definition) is 1. The van der Waals surface area contributed by atoms with Crippen LogP contribution in [0, 0.1) is 0 Å². The number of furan rings is 1. The summed E-state index contributed by atoms with van der Waals surface area (Å²) in [5, 5.41) is 5.92. The summed E-state index contributed by atoms with van der Waals surface area (Å²) in [6.07, 6.45) is 5.19. The first-order valence-electron chi connectivity index (χ1n) is 5.39. The highest BCUT2D eigenvalue weighted by molar-refractivity contribution is 8.02. The molecule has 2 rings (SSSR count). The van der Waals surface area contributed by atoms with E-state index in [-0.39, 0.29) is 5.78 Å². The average molecular weight is 279 g/mol. The first kappa shape index (κ1) is 13.0. The lowest BCUT2D eigenvalue weighted by Gasteiger charge is -2.06. The van der Waals surface area contributed by atoms with E-state index in [1.165, 1.54) is 23.1 Å². The fourth-order valence-corrected chi connectivity index (χ4v) is 2.46. The molecule has 0 amide bonds. The summed E-state index contributed by atoms with van der Waals surface area (Å²) in [4.78, 5) is 12.6. The van der Waals surface area contributed by atoms with Gasteiger partial charge in [0.25, 0.3) is 0 Å². The maximum Gasteiger partial charge on any atom is 0.198 e. The van der Waals surface area contributed by atoms with Crippen LogP contribution in [-0.2, 0) is 6.54 Å². The van der Waals surface area contributed by atoms with E-state index < -0.39 is 0 Å². The minimum atomic E-state index is 0.0290. The molecular formula is C13H13NO2S2. The van der Waals surface area contributed by atoms with E-state index in [1.54, 1.807) is 12.3 Å². The predicted octanol–water partition coefficient (Wildman–Crippen LogP) is 3.52. The van der Waals surface area contributed by atoms with Crippen molar-refractivity contribution in [3.8, 4) is 0 Å². The molecule has 0 bridgehead atoms. The topological polar surface area (TPSA) is 42.2 Å². The lowest BCUT2D eigenvalue weighted by molar-refractivity contribution is 0.105. The molecule has 0 aliphatic heterocycles. The molecule has 5 heteroatoms. The molecule has 0 atom stereocenters. The Labute approximate surface area is 114 Å². The fraction of sp³-hybridized carbons (Fsp3) is 0.154. The van der Waals surface area contributed by atoms with Crippen molar-refractivity contribution in [1.29, 1.82) is 0 Å². The lowest BCUT2D eigenvalue weighted by Crippen LogP contribution is -2.11. The molecule has 94 valence electrons. The third-order valence-corrected chi connectivity index (χ3v) is 3.85. The first-order chi connectivity index (χ1) is 8.79. The van der Waals surface area contributed by atoms with Crippen molar-refractivity contribution in [2.45, 2.75) is 6.54 Å². The second-order valence-corrected chi connectivity index (χ2v) is 5.28. The molecule has 0 aliphatic carbocycles. The van der Waals surface area contributed by atoms with Crippen LogP contribution < -0.4 is 5.32 Å². The molecule has 0 radical (unpaired) electrons. The van der Waals surface area contributed by atoms with Crippen LogP contribution in [0.25, 0.3) is 0 Å². The van der Waals surface area contributed by atoms with Gasteiger partial charge in [0.05, 0.1) is 22.7 Å². The molecule has 0 unspecified atom stereocenters. The van der Waals surface area contributed by atoms with Gasteiger partial charge in [-0.15, -0.1) is 23.1 Å². The van der Waals surface area contributed by atoms with Crippen LogP contribution in [0.4, 0.5) is 0 Å². The second kappa shape index (κ2) is 6.47. The molecule has 0 spiro atoms. The summed E-state index contributed by atoms with van der Waals surface area (Å²) < 4.78 is 5.22. The number of thiophene rings is 1. The smallest absolute Gasteiger partial charge is 0.198 e. The largest absolute Gasteiger partial charge is 0.467 e. The average Bonchev–Trinajstić information content (AvgIpc) is 3.05. The van der Waals surface area contributed by atoms with Crippen molar-refractivity contribution in [3.05, 3.63) is 57.7 Å². The fourth-order valence-electron chi connectivity index (χ4n) is 1.38. The van der Waals surface area contributed by atoms with Crippen LogP contribution >= 0.6 is 23.1 Å². The predicted molar refractivity (Wildman–Crippen MR) is 75.8 cm³/mol. The first-order valence-corrected chi connectivity index (χ1v) is 7.50. The lowest BCUT2D eigenvalue weighted by atomic mass is 10.3. The Bertz CT molecular complexity index is 515. The zero-order chi connectivity index (χ0) is 12.8. The van der Waals surface area contributed by atoms with Gasteiger partial charge in [-0.25, -0.2) is 0 Å². The van der Waals surface area contributed by atoms with Crippen molar-refractivity contribution < 1.29 is 9.21 Å². The Morgan fingerprint density at radius 3 is 3.00 bits per heavy atom. The van der Waals surface area contributed by atoms with E-state index >= 15 is 0 Å². The van der Waals surface area contributed by atoms with Gasteiger partial charge in [0.1, 0.15) is 5.76 Å². The van der Waals surface area contributed by atoms with Crippen LogP contribution in [0.15, 0.2) is 51.4 Å². The molecule has 0 fully saturated rings. The van der Waals surface area contributed by atoms with E-state index in [2.05, 4.69) is 5.32 Å². The molecule has 2 aromatic rings. The molecule has 3 nitrogen and oxygen atoms in total. The quantitative estimate of drug-likeness (QED) is 0.649. The standard InChI is InChI=1S/C13H13NO2S2/c1-17-13(14-9-10-4-2-6-16-10)8-11(15)12-5-3-7-18-12/h2-8,14H,9H2,1H3. The zero-order valence-corrected chi connectivity index (χ0v) is 11.5. The van der Waals surface area contributed by atoms with Crippen molar-refractivity contribution in [2.24, 2.45) is 0 Å². The Morgan fingerprint density at radius 1 is 1.50 bits per heavy atom. The molecule has 0 aliphatic rings. The van der Waals surface area contributed by atoms with E-state index in [9.17, 15) is 4.79 Å². The summed E-state index contributed by atoms with van der Waals surface area (Å²) in [7, 11) is 0. The minimum Gasteiger partial charge on any atom is -0.467 e. The maximum atomic E-state index is 11.9. The second-order valence-electron chi connectivity index (χ2n) is 3.49. The molecular weight excluding hydrogens is 266 g/mol. The van der Waals surface area contributed by atoms with Gasteiger partial charge in [-0.2, -0.15) is 0 Å². The van der Waals surface area contributed by atoms with E-state index in [1.807, 2.05) is 35.9 Å². The monoisotopic (exact) mass is 279 g/mol. The molecule has 0 aromatic carbocycles. The van der Waals surface area contributed by atoms with Crippen molar-refractivity contribution in [3.63, 3.8) is 0 Å². The van der Waals surface area contributed by atoms with E-state index in [0.717, 1.165) is 15.7 Å². The Balaban J connectivity index is 1.97. The van der Waals surface area contributed by atoms with Gasteiger partial charge in [-0.1, -0.05) is 6.07 Å². The Morgan fingerprint density at radius 2 is 2.39 bits per heavy atom. The number of ketones is 1.